The molecule has 262 valence electrons. The van der Waals surface area contributed by atoms with Gasteiger partial charge in [0.05, 0.1) is 35.9 Å². The molecule has 4 amide bonds. The Bertz CT molecular complexity index is 1700. The van der Waals surface area contributed by atoms with E-state index in [9.17, 15) is 19.2 Å². The van der Waals surface area contributed by atoms with Gasteiger partial charge < -0.3 is 40.6 Å². The van der Waals surface area contributed by atoms with Crippen molar-refractivity contribution in [2.45, 2.75) is 76.5 Å². The number of benzene rings is 2. The highest BCUT2D eigenvalue weighted by Gasteiger charge is 2.34. The lowest BCUT2D eigenvalue weighted by Crippen LogP contribution is -2.38. The third kappa shape index (κ3) is 7.80. The predicted molar refractivity (Wildman–Crippen MR) is 185 cm³/mol. The molecule has 0 bridgehead atoms. The summed E-state index contributed by atoms with van der Waals surface area (Å²) in [5, 5.41) is 22.6. The lowest BCUT2D eigenvalue weighted by Gasteiger charge is -2.24. The Labute approximate surface area is 289 Å². The molecule has 50 heavy (non-hydrogen) atoms. The summed E-state index contributed by atoms with van der Waals surface area (Å²) in [4.78, 5) is 67.3. The normalized spacial score (nSPS) is 18.5. The zero-order chi connectivity index (χ0) is 35.4. The van der Waals surface area contributed by atoms with Crippen LogP contribution in [0.1, 0.15) is 76.1 Å². The molecule has 0 spiro atoms. The van der Waals surface area contributed by atoms with Gasteiger partial charge in [0, 0.05) is 38.0 Å². The largest absolute Gasteiger partial charge is 0.465 e. The highest BCUT2D eigenvalue weighted by atomic mass is 16.4. The van der Waals surface area contributed by atoms with Gasteiger partial charge in [-0.15, -0.1) is 0 Å². The van der Waals surface area contributed by atoms with Crippen LogP contribution in [0.5, 0.6) is 0 Å². The average molecular weight is 683 g/mol. The van der Waals surface area contributed by atoms with Gasteiger partial charge in [-0.1, -0.05) is 48.5 Å². The number of carboxylic acid groups (broad SMARTS) is 2. The van der Waals surface area contributed by atoms with Crippen LogP contribution in [0.4, 0.5) is 9.59 Å². The van der Waals surface area contributed by atoms with Crippen molar-refractivity contribution in [1.82, 2.24) is 40.4 Å². The summed E-state index contributed by atoms with van der Waals surface area (Å²) in [7, 11) is 0. The molecule has 2 fully saturated rings. The van der Waals surface area contributed by atoms with Crippen LogP contribution < -0.4 is 10.6 Å². The van der Waals surface area contributed by atoms with Crippen LogP contribution in [0.2, 0.25) is 0 Å². The highest BCUT2D eigenvalue weighted by Crippen LogP contribution is 2.34. The van der Waals surface area contributed by atoms with Crippen molar-refractivity contribution in [3.8, 4) is 33.6 Å². The van der Waals surface area contributed by atoms with E-state index in [4.69, 9.17) is 10.2 Å². The van der Waals surface area contributed by atoms with Crippen LogP contribution in [-0.2, 0) is 9.59 Å². The van der Waals surface area contributed by atoms with E-state index in [-0.39, 0.29) is 36.7 Å². The van der Waals surface area contributed by atoms with E-state index >= 15 is 0 Å². The highest BCUT2D eigenvalue weighted by molar-refractivity contribution is 5.79. The zero-order valence-corrected chi connectivity index (χ0v) is 28.1. The van der Waals surface area contributed by atoms with E-state index in [1.165, 1.54) is 0 Å². The monoisotopic (exact) mass is 682 g/mol. The van der Waals surface area contributed by atoms with Crippen molar-refractivity contribution in [3.05, 3.63) is 72.6 Å². The lowest BCUT2D eigenvalue weighted by molar-refractivity contribution is -0.133. The second kappa shape index (κ2) is 14.8. The molecule has 2 aromatic carbocycles. The summed E-state index contributed by atoms with van der Waals surface area (Å²) in [6, 6.07) is 15.1. The van der Waals surface area contributed by atoms with Crippen molar-refractivity contribution < 1.29 is 29.4 Å². The quantitative estimate of drug-likeness (QED) is 0.118. The molecule has 0 saturated carbocycles. The van der Waals surface area contributed by atoms with E-state index < -0.39 is 24.3 Å². The number of amides is 4. The molecule has 2 aliphatic rings. The zero-order valence-electron chi connectivity index (χ0n) is 28.1. The summed E-state index contributed by atoms with van der Waals surface area (Å²) < 4.78 is 0. The van der Waals surface area contributed by atoms with Crippen molar-refractivity contribution in [1.29, 1.82) is 0 Å². The molecular weight excluding hydrogens is 640 g/mol. The van der Waals surface area contributed by atoms with Gasteiger partial charge in [0.1, 0.15) is 11.6 Å². The molecular formula is C36H42N8O6. The summed E-state index contributed by atoms with van der Waals surface area (Å²) >= 11 is 0. The molecule has 14 heteroatoms. The van der Waals surface area contributed by atoms with E-state index in [0.717, 1.165) is 71.0 Å². The van der Waals surface area contributed by atoms with E-state index in [1.807, 2.05) is 24.3 Å². The topological polar surface area (TPSA) is 197 Å². The standard InChI is InChI=1S/C36H42N8O6/c1-21(39-35(47)48)17-31(45)43-15-3-5-29(43)33-37-19-27(41-33)25-11-7-23(8-12-25)24-9-13-26(14-10-24)28-20-38-34(42-28)30-6-4-16-44(30)32(46)18-22(2)40-36(49)50/h7-14,19-22,29-30,39-40H,3-6,15-18H2,1-2H3,(H,37,41)(H,38,42)(H,47,48)(H,49,50)/t21-,22?,29?,30?/m0/s1. The number of hydrogen-bond donors (Lipinski definition) is 6. The first kappa shape index (κ1) is 34.2. The Morgan fingerprint density at radius 3 is 1.40 bits per heavy atom. The van der Waals surface area contributed by atoms with Crippen LogP contribution in [0.3, 0.4) is 0 Å². The number of aromatic nitrogens is 4. The molecule has 2 aromatic heterocycles. The summed E-state index contributed by atoms with van der Waals surface area (Å²) in [6.45, 7) is 4.59. The first-order chi connectivity index (χ1) is 24.0. The Morgan fingerprint density at radius 1 is 0.680 bits per heavy atom. The lowest BCUT2D eigenvalue weighted by atomic mass is 10.0. The summed E-state index contributed by atoms with van der Waals surface area (Å²) in [5.41, 5.74) is 5.74. The van der Waals surface area contributed by atoms with E-state index in [0.29, 0.717) is 13.1 Å². The molecule has 3 unspecified atom stereocenters. The van der Waals surface area contributed by atoms with Crippen molar-refractivity contribution in [3.63, 3.8) is 0 Å². The van der Waals surface area contributed by atoms with Crippen LogP contribution in [0, 0.1) is 0 Å². The minimum atomic E-state index is -1.14. The van der Waals surface area contributed by atoms with Crippen LogP contribution in [-0.4, -0.2) is 89.1 Å². The Hall–Kier alpha value is -5.66. The molecule has 14 nitrogen and oxygen atoms in total. The molecule has 2 aliphatic heterocycles. The number of nitrogens with one attached hydrogen (secondary N) is 4. The Kier molecular flexibility index (Phi) is 10.2. The van der Waals surface area contributed by atoms with E-state index in [2.05, 4.69) is 54.8 Å². The minimum Gasteiger partial charge on any atom is -0.465 e. The van der Waals surface area contributed by atoms with Gasteiger partial charge >= 0.3 is 12.2 Å². The molecule has 6 rings (SSSR count). The third-order valence-electron chi connectivity index (χ3n) is 9.40. The SMILES string of the molecule is CC(CC(=O)N1CCCC1c1ncc(-c2ccc(-c3ccc(-c4cnc(C5CCCN5C(=O)C[C@H](C)NC(=O)O)[nH]4)cc3)cc2)[nH]1)NC(=O)O. The summed E-state index contributed by atoms with van der Waals surface area (Å²) in [6.07, 6.45) is 4.77. The fraction of sp³-hybridized carbons (Fsp3) is 0.389. The van der Waals surface area contributed by atoms with Gasteiger partial charge in [-0.05, 0) is 61.8 Å². The number of carbonyl (C=O) groups is 4. The van der Waals surface area contributed by atoms with Gasteiger partial charge in [0.15, 0.2) is 0 Å². The molecule has 4 aromatic rings. The van der Waals surface area contributed by atoms with Crippen LogP contribution >= 0.6 is 0 Å². The molecule has 6 N–H and O–H groups in total. The second-order valence-electron chi connectivity index (χ2n) is 13.1. The molecule has 4 heterocycles. The van der Waals surface area contributed by atoms with Gasteiger partial charge in [0.25, 0.3) is 0 Å². The number of carbonyl (C=O) groups excluding carboxylic acids is 2. The first-order valence-corrected chi connectivity index (χ1v) is 16.9. The number of nitrogens with zero attached hydrogens (tertiary/aromatic N) is 4. The van der Waals surface area contributed by atoms with Gasteiger partial charge in [0.2, 0.25) is 11.8 Å². The maximum Gasteiger partial charge on any atom is 0.404 e. The Balaban J connectivity index is 1.08. The second-order valence-corrected chi connectivity index (χ2v) is 13.1. The fourth-order valence-electron chi connectivity index (χ4n) is 6.97. The number of H-pyrrole nitrogens is 2. The number of likely N-dealkylation sites (tertiary alicyclic amines) is 2. The molecule has 0 aliphatic carbocycles. The third-order valence-corrected chi connectivity index (χ3v) is 9.40. The number of aromatic amines is 2. The van der Waals surface area contributed by atoms with Gasteiger partial charge in [-0.2, -0.15) is 0 Å². The predicted octanol–water partition coefficient (Wildman–Crippen LogP) is 5.55. The number of rotatable bonds is 11. The van der Waals surface area contributed by atoms with Gasteiger partial charge in [-0.25, -0.2) is 19.6 Å². The number of imidazole rings is 2. The smallest absolute Gasteiger partial charge is 0.404 e. The van der Waals surface area contributed by atoms with Crippen molar-refractivity contribution in [2.75, 3.05) is 13.1 Å². The maximum absolute atomic E-state index is 12.9. The molecule has 2 saturated heterocycles. The molecule has 4 atom stereocenters. The van der Waals surface area contributed by atoms with Crippen LogP contribution in [0.25, 0.3) is 33.6 Å². The summed E-state index contributed by atoms with van der Waals surface area (Å²) in [5.74, 6) is 1.25. The average Bonchev–Trinajstić information content (AvgIpc) is 3.90. The molecule has 0 radical (unpaired) electrons. The van der Waals surface area contributed by atoms with Crippen molar-refractivity contribution in [2.24, 2.45) is 0 Å². The first-order valence-electron chi connectivity index (χ1n) is 16.9. The minimum absolute atomic E-state index is 0.0960. The van der Waals surface area contributed by atoms with Crippen molar-refractivity contribution >= 4 is 24.0 Å². The maximum atomic E-state index is 12.9. The van der Waals surface area contributed by atoms with Crippen LogP contribution in [0.15, 0.2) is 60.9 Å². The van der Waals surface area contributed by atoms with Gasteiger partial charge in [-0.3, -0.25) is 9.59 Å². The fourth-order valence-corrected chi connectivity index (χ4v) is 6.97. The van der Waals surface area contributed by atoms with E-state index in [1.54, 1.807) is 36.0 Å². The Morgan fingerprint density at radius 2 is 1.04 bits per heavy atom. The number of hydrogen-bond acceptors (Lipinski definition) is 6.